The molecule has 1 N–H and O–H groups in total. The van der Waals surface area contributed by atoms with Crippen molar-refractivity contribution in [3.05, 3.63) is 76.3 Å². The Morgan fingerprint density at radius 1 is 1.28 bits per heavy atom. The molecule has 4 rings (SSSR count). The molecule has 0 atom stereocenters. The van der Waals surface area contributed by atoms with E-state index in [0.717, 1.165) is 5.52 Å². The summed E-state index contributed by atoms with van der Waals surface area (Å²) in [7, 11) is 1.57. The number of rotatable bonds is 5. The number of H-pyrrole nitrogens is 1. The summed E-state index contributed by atoms with van der Waals surface area (Å²) in [5.74, 6) is 1.79. The van der Waals surface area contributed by atoms with E-state index in [9.17, 15) is 15.4 Å². The third kappa shape index (κ3) is 3.44. The molecule has 0 aliphatic heterocycles. The number of nitro groups is 1. The van der Waals surface area contributed by atoms with E-state index < -0.39 is 4.92 Å². The van der Waals surface area contributed by atoms with Crippen molar-refractivity contribution in [3.8, 4) is 23.1 Å². The first-order chi connectivity index (χ1) is 14.1. The minimum Gasteiger partial charge on any atom is -0.497 e. The van der Waals surface area contributed by atoms with E-state index in [4.69, 9.17) is 9.15 Å². The zero-order chi connectivity index (χ0) is 20.4. The van der Waals surface area contributed by atoms with Gasteiger partial charge in [-0.15, -0.1) is 0 Å². The van der Waals surface area contributed by atoms with E-state index in [-0.39, 0.29) is 11.3 Å². The zero-order valence-corrected chi connectivity index (χ0v) is 15.2. The van der Waals surface area contributed by atoms with Crippen LogP contribution in [0.3, 0.4) is 0 Å². The Balaban J connectivity index is 1.71. The van der Waals surface area contributed by atoms with Crippen LogP contribution in [0.25, 0.3) is 34.0 Å². The normalized spacial score (nSPS) is 11.4. The van der Waals surface area contributed by atoms with Crippen molar-refractivity contribution < 1.29 is 14.1 Å². The molecule has 2 aromatic carbocycles. The minimum atomic E-state index is -0.462. The predicted octanol–water partition coefficient (Wildman–Crippen LogP) is 4.80. The fourth-order valence-electron chi connectivity index (χ4n) is 2.96. The van der Waals surface area contributed by atoms with Crippen molar-refractivity contribution in [2.75, 3.05) is 7.11 Å². The third-order valence-corrected chi connectivity index (χ3v) is 4.34. The van der Waals surface area contributed by atoms with E-state index in [1.54, 1.807) is 55.6 Å². The highest BCUT2D eigenvalue weighted by atomic mass is 16.6. The molecule has 29 heavy (non-hydrogen) atoms. The van der Waals surface area contributed by atoms with Gasteiger partial charge in [0.05, 0.1) is 34.2 Å². The summed E-state index contributed by atoms with van der Waals surface area (Å²) in [5, 5.41) is 20.8. The van der Waals surface area contributed by atoms with Crippen LogP contribution in [0.2, 0.25) is 0 Å². The number of ether oxygens (including phenoxy) is 1. The molecule has 2 heterocycles. The number of aromatic amines is 1. The Morgan fingerprint density at radius 2 is 2.10 bits per heavy atom. The van der Waals surface area contributed by atoms with Crippen LogP contribution in [0.4, 0.5) is 5.69 Å². The Hall–Kier alpha value is -4.38. The molecule has 0 aliphatic rings. The quantitative estimate of drug-likeness (QED) is 0.299. The second-order valence-corrected chi connectivity index (χ2v) is 6.11. The number of allylic oxidation sites excluding steroid dienone is 1. The Morgan fingerprint density at radius 3 is 2.86 bits per heavy atom. The standard InChI is InChI=1S/C21H14N4O4/c1-28-14-6-8-17-18(11-14)24-21(23-17)13(12-22)10-15-7-9-20(29-15)16-4-2-3-5-19(16)25(26)27/h2-11H,1H3,(H,23,24)/b13-10+. The smallest absolute Gasteiger partial charge is 0.280 e. The van der Waals surface area contributed by atoms with Crippen LogP contribution in [0.1, 0.15) is 11.6 Å². The second-order valence-electron chi connectivity index (χ2n) is 6.11. The number of furan rings is 1. The van der Waals surface area contributed by atoms with Crippen LogP contribution in [-0.4, -0.2) is 22.0 Å². The number of para-hydroxylation sites is 1. The Labute approximate surface area is 164 Å². The number of hydrogen-bond donors (Lipinski definition) is 1. The molecule has 0 saturated carbocycles. The lowest BCUT2D eigenvalue weighted by atomic mass is 10.1. The van der Waals surface area contributed by atoms with Gasteiger partial charge in [0.25, 0.3) is 5.69 Å². The average molecular weight is 386 g/mol. The summed E-state index contributed by atoms with van der Waals surface area (Å²) >= 11 is 0. The van der Waals surface area contributed by atoms with Crippen molar-refractivity contribution in [2.45, 2.75) is 0 Å². The molecule has 0 spiro atoms. The monoisotopic (exact) mass is 386 g/mol. The molecule has 8 heteroatoms. The molecule has 0 bridgehead atoms. The number of fused-ring (bicyclic) bond motifs is 1. The number of hydrogen-bond acceptors (Lipinski definition) is 6. The molecule has 142 valence electrons. The SMILES string of the molecule is COc1ccc2nc(/C(C#N)=C/c3ccc(-c4ccccc4[N+](=O)[O-])o3)[nH]c2c1. The number of nitrogens with one attached hydrogen (secondary N) is 1. The zero-order valence-electron chi connectivity index (χ0n) is 15.2. The first-order valence-electron chi connectivity index (χ1n) is 8.58. The number of benzene rings is 2. The van der Waals surface area contributed by atoms with Crippen LogP contribution in [0, 0.1) is 21.4 Å². The van der Waals surface area contributed by atoms with Gasteiger partial charge < -0.3 is 14.1 Å². The van der Waals surface area contributed by atoms with E-state index >= 15 is 0 Å². The topological polar surface area (TPSA) is 118 Å². The second kappa shape index (κ2) is 7.32. The minimum absolute atomic E-state index is 0.0517. The van der Waals surface area contributed by atoms with Gasteiger partial charge in [0.1, 0.15) is 29.2 Å². The van der Waals surface area contributed by atoms with Crippen molar-refractivity contribution in [3.63, 3.8) is 0 Å². The summed E-state index contributed by atoms with van der Waals surface area (Å²) in [6.45, 7) is 0. The lowest BCUT2D eigenvalue weighted by Gasteiger charge is -1.98. The van der Waals surface area contributed by atoms with Crippen LogP contribution in [0.5, 0.6) is 5.75 Å². The molecule has 0 radical (unpaired) electrons. The molecular weight excluding hydrogens is 372 g/mol. The van der Waals surface area contributed by atoms with E-state index in [2.05, 4.69) is 16.0 Å². The molecule has 0 fully saturated rings. The number of aromatic nitrogens is 2. The van der Waals surface area contributed by atoms with Crippen LogP contribution in [0.15, 0.2) is 59.0 Å². The van der Waals surface area contributed by atoms with Crippen LogP contribution < -0.4 is 4.74 Å². The highest BCUT2D eigenvalue weighted by molar-refractivity contribution is 5.90. The van der Waals surface area contributed by atoms with Gasteiger partial charge in [-0.3, -0.25) is 10.1 Å². The lowest BCUT2D eigenvalue weighted by molar-refractivity contribution is -0.384. The van der Waals surface area contributed by atoms with Gasteiger partial charge in [0.15, 0.2) is 0 Å². The van der Waals surface area contributed by atoms with Crippen molar-refractivity contribution in [1.29, 1.82) is 5.26 Å². The maximum atomic E-state index is 11.2. The Bertz CT molecular complexity index is 1290. The predicted molar refractivity (Wildman–Crippen MR) is 107 cm³/mol. The molecule has 2 aromatic heterocycles. The average Bonchev–Trinajstić information content (AvgIpc) is 3.38. The molecule has 0 amide bonds. The highest BCUT2D eigenvalue weighted by Crippen LogP contribution is 2.32. The number of nitriles is 1. The van der Waals surface area contributed by atoms with E-state index in [1.165, 1.54) is 12.1 Å². The van der Waals surface area contributed by atoms with Gasteiger partial charge in [-0.2, -0.15) is 5.26 Å². The summed E-state index contributed by atoms with van der Waals surface area (Å²) in [4.78, 5) is 18.3. The van der Waals surface area contributed by atoms with Gasteiger partial charge in [0, 0.05) is 18.2 Å². The number of imidazole rings is 1. The third-order valence-electron chi connectivity index (χ3n) is 4.34. The first-order valence-corrected chi connectivity index (χ1v) is 8.58. The number of nitro benzene ring substituents is 1. The molecule has 4 aromatic rings. The van der Waals surface area contributed by atoms with Gasteiger partial charge >= 0.3 is 0 Å². The molecule has 0 saturated heterocycles. The summed E-state index contributed by atoms with van der Waals surface area (Å²) in [6.07, 6.45) is 1.53. The molecule has 0 unspecified atom stereocenters. The summed E-state index contributed by atoms with van der Waals surface area (Å²) in [6, 6.07) is 17.1. The molecule has 8 nitrogen and oxygen atoms in total. The van der Waals surface area contributed by atoms with Crippen LogP contribution >= 0.6 is 0 Å². The molecular formula is C21H14N4O4. The summed E-state index contributed by atoms with van der Waals surface area (Å²) < 4.78 is 10.9. The molecule has 0 aliphatic carbocycles. The number of methoxy groups -OCH3 is 1. The summed E-state index contributed by atoms with van der Waals surface area (Å²) in [5.41, 5.74) is 2.02. The van der Waals surface area contributed by atoms with Crippen molar-refractivity contribution in [2.24, 2.45) is 0 Å². The van der Waals surface area contributed by atoms with Gasteiger partial charge in [0.2, 0.25) is 0 Å². The Kier molecular flexibility index (Phi) is 4.55. The largest absolute Gasteiger partial charge is 0.497 e. The van der Waals surface area contributed by atoms with E-state index in [0.29, 0.717) is 34.2 Å². The first kappa shape index (κ1) is 18.0. The van der Waals surface area contributed by atoms with Gasteiger partial charge in [-0.1, -0.05) is 12.1 Å². The van der Waals surface area contributed by atoms with Crippen LogP contribution in [-0.2, 0) is 0 Å². The van der Waals surface area contributed by atoms with Crippen molar-refractivity contribution in [1.82, 2.24) is 9.97 Å². The lowest BCUT2D eigenvalue weighted by Crippen LogP contribution is -1.90. The maximum absolute atomic E-state index is 11.2. The maximum Gasteiger partial charge on any atom is 0.280 e. The van der Waals surface area contributed by atoms with Gasteiger partial charge in [-0.25, -0.2) is 4.98 Å². The fraction of sp³-hybridized carbons (Fsp3) is 0.0476. The number of nitrogens with zero attached hydrogens (tertiary/aromatic N) is 3. The van der Waals surface area contributed by atoms with E-state index in [1.807, 2.05) is 0 Å². The fourth-order valence-corrected chi connectivity index (χ4v) is 2.96. The highest BCUT2D eigenvalue weighted by Gasteiger charge is 2.17. The van der Waals surface area contributed by atoms with Crippen molar-refractivity contribution >= 4 is 28.4 Å². The van der Waals surface area contributed by atoms with Gasteiger partial charge in [-0.05, 0) is 30.3 Å².